The molecule has 1 N–H and O–H groups in total. The van der Waals surface area contributed by atoms with Crippen LogP contribution in [0.3, 0.4) is 0 Å². The molecule has 0 amide bonds. The molecule has 1 unspecified atom stereocenters. The minimum Gasteiger partial charge on any atom is -0.481 e. The molecule has 0 bridgehead atoms. The fraction of sp³-hybridized carbons (Fsp3) is 0.944. The average Bonchev–Trinajstić information content (AvgIpc) is 2.21. The zero-order valence-electron chi connectivity index (χ0n) is 15.0. The number of carboxylic acid groups (broad SMARTS) is 1. The lowest BCUT2D eigenvalue weighted by Crippen LogP contribution is -2.41. The van der Waals surface area contributed by atoms with Gasteiger partial charge in [-0.3, -0.25) is 4.79 Å². The third kappa shape index (κ3) is 5.46. The maximum Gasteiger partial charge on any atom is 0.303 e. The van der Waals surface area contributed by atoms with E-state index in [4.69, 9.17) is 5.11 Å². The maximum absolute atomic E-state index is 11.0. The Morgan fingerprint density at radius 3 is 2.00 bits per heavy atom. The van der Waals surface area contributed by atoms with E-state index < -0.39 is 5.97 Å². The largest absolute Gasteiger partial charge is 0.481 e. The molecule has 0 radical (unpaired) electrons. The van der Waals surface area contributed by atoms with Crippen molar-refractivity contribution in [2.75, 3.05) is 0 Å². The molecule has 0 heterocycles. The van der Waals surface area contributed by atoms with Crippen LogP contribution in [0.4, 0.5) is 0 Å². The number of hydrogen-bond acceptors (Lipinski definition) is 1. The van der Waals surface area contributed by atoms with E-state index in [0.717, 1.165) is 6.42 Å². The Bertz CT molecular complexity index is 313. The molecule has 0 aliphatic rings. The van der Waals surface area contributed by atoms with E-state index in [-0.39, 0.29) is 22.7 Å². The van der Waals surface area contributed by atoms with E-state index in [1.165, 1.54) is 19.3 Å². The molecular formula is C18H36O2. The Labute approximate surface area is 126 Å². The maximum atomic E-state index is 11.0. The van der Waals surface area contributed by atoms with Crippen LogP contribution in [0.2, 0.25) is 0 Å². The topological polar surface area (TPSA) is 37.3 Å². The molecule has 2 heteroatoms. The molecule has 1 atom stereocenters. The summed E-state index contributed by atoms with van der Waals surface area (Å²) in [6.07, 6.45) is 4.96. The summed E-state index contributed by atoms with van der Waals surface area (Å²) in [6.45, 7) is 18.1. The lowest BCUT2D eigenvalue weighted by molar-refractivity contribution is -0.140. The molecule has 120 valence electrons. The van der Waals surface area contributed by atoms with Gasteiger partial charge in [0.1, 0.15) is 0 Å². The highest BCUT2D eigenvalue weighted by Crippen LogP contribution is 2.52. The summed E-state index contributed by atoms with van der Waals surface area (Å²) in [5.41, 5.74) is 0.175. The normalized spacial score (nSPS) is 15.2. The van der Waals surface area contributed by atoms with Crippen molar-refractivity contribution in [3.63, 3.8) is 0 Å². The van der Waals surface area contributed by atoms with Gasteiger partial charge in [0.25, 0.3) is 0 Å². The molecule has 0 saturated carbocycles. The van der Waals surface area contributed by atoms with Gasteiger partial charge in [0.2, 0.25) is 0 Å². The standard InChI is InChI=1S/C18H36O2/c1-9-10-11-14(2)18(7,8)17(5,6)13-16(3,4)12-15(19)20/h14H,9-13H2,1-8H3,(H,19,20). The van der Waals surface area contributed by atoms with Crippen molar-refractivity contribution in [1.82, 2.24) is 0 Å². The lowest BCUT2D eigenvalue weighted by Gasteiger charge is -2.49. The van der Waals surface area contributed by atoms with Gasteiger partial charge >= 0.3 is 5.97 Å². The number of carbonyl (C=O) groups is 1. The molecule has 0 aliphatic carbocycles. The van der Waals surface area contributed by atoms with E-state index in [0.29, 0.717) is 5.92 Å². The second kappa shape index (κ2) is 6.95. The van der Waals surface area contributed by atoms with E-state index in [9.17, 15) is 4.79 Å². The first-order valence-electron chi connectivity index (χ1n) is 8.07. The van der Waals surface area contributed by atoms with Gasteiger partial charge in [0.15, 0.2) is 0 Å². The monoisotopic (exact) mass is 284 g/mol. The number of carboxylic acids is 1. The quantitative estimate of drug-likeness (QED) is 0.584. The molecule has 0 aromatic heterocycles. The zero-order chi connectivity index (χ0) is 16.2. The molecule has 0 saturated heterocycles. The Hall–Kier alpha value is -0.530. The van der Waals surface area contributed by atoms with Gasteiger partial charge in [-0.2, -0.15) is 0 Å². The van der Waals surface area contributed by atoms with Crippen LogP contribution in [-0.2, 0) is 4.79 Å². The Morgan fingerprint density at radius 2 is 1.60 bits per heavy atom. The Kier molecular flexibility index (Phi) is 6.77. The molecule has 2 nitrogen and oxygen atoms in total. The van der Waals surface area contributed by atoms with E-state index in [1.54, 1.807) is 0 Å². The van der Waals surface area contributed by atoms with Gasteiger partial charge in [-0.1, -0.05) is 74.7 Å². The fourth-order valence-corrected chi connectivity index (χ4v) is 3.43. The van der Waals surface area contributed by atoms with Gasteiger partial charge in [0, 0.05) is 0 Å². The molecule has 0 rings (SSSR count). The summed E-state index contributed by atoms with van der Waals surface area (Å²) in [7, 11) is 0. The molecule has 0 aromatic carbocycles. The summed E-state index contributed by atoms with van der Waals surface area (Å²) >= 11 is 0. The first-order chi connectivity index (χ1) is 8.85. The van der Waals surface area contributed by atoms with E-state index in [1.807, 2.05) is 0 Å². The number of hydrogen-bond donors (Lipinski definition) is 1. The van der Waals surface area contributed by atoms with Gasteiger partial charge in [-0.25, -0.2) is 0 Å². The van der Waals surface area contributed by atoms with E-state index >= 15 is 0 Å². The zero-order valence-corrected chi connectivity index (χ0v) is 15.0. The molecule has 0 spiro atoms. The predicted octanol–water partition coefficient (Wildman–Crippen LogP) is 5.76. The number of aliphatic carboxylic acids is 1. The van der Waals surface area contributed by atoms with Crippen LogP contribution in [0.5, 0.6) is 0 Å². The van der Waals surface area contributed by atoms with Crippen LogP contribution in [0.25, 0.3) is 0 Å². The Morgan fingerprint density at radius 1 is 1.10 bits per heavy atom. The molecule has 20 heavy (non-hydrogen) atoms. The molecule has 0 fully saturated rings. The summed E-state index contributed by atoms with van der Waals surface area (Å²) in [5.74, 6) is -0.0410. The van der Waals surface area contributed by atoms with Crippen molar-refractivity contribution in [2.45, 2.75) is 87.5 Å². The van der Waals surface area contributed by atoms with Gasteiger partial charge in [-0.15, -0.1) is 0 Å². The van der Waals surface area contributed by atoms with Crippen LogP contribution >= 0.6 is 0 Å². The van der Waals surface area contributed by atoms with Crippen molar-refractivity contribution in [3.05, 3.63) is 0 Å². The second-order valence-corrected chi connectivity index (χ2v) is 8.56. The first-order valence-corrected chi connectivity index (χ1v) is 8.07. The van der Waals surface area contributed by atoms with E-state index in [2.05, 4.69) is 55.4 Å². The van der Waals surface area contributed by atoms with Crippen molar-refractivity contribution in [2.24, 2.45) is 22.2 Å². The van der Waals surface area contributed by atoms with Gasteiger partial charge < -0.3 is 5.11 Å². The number of rotatable bonds is 9. The highest BCUT2D eigenvalue weighted by atomic mass is 16.4. The summed E-state index contributed by atoms with van der Waals surface area (Å²) in [6, 6.07) is 0. The van der Waals surface area contributed by atoms with Crippen LogP contribution < -0.4 is 0 Å². The smallest absolute Gasteiger partial charge is 0.303 e. The van der Waals surface area contributed by atoms with Gasteiger partial charge in [-0.05, 0) is 28.6 Å². The third-order valence-electron chi connectivity index (χ3n) is 5.52. The van der Waals surface area contributed by atoms with Crippen LogP contribution in [0, 0.1) is 22.2 Å². The second-order valence-electron chi connectivity index (χ2n) is 8.56. The fourth-order valence-electron chi connectivity index (χ4n) is 3.43. The van der Waals surface area contributed by atoms with Crippen molar-refractivity contribution in [1.29, 1.82) is 0 Å². The molecular weight excluding hydrogens is 248 g/mol. The first kappa shape index (κ1) is 19.5. The van der Waals surface area contributed by atoms with Crippen LogP contribution in [0.1, 0.15) is 87.5 Å². The minimum absolute atomic E-state index is 0.124. The molecule has 0 aliphatic heterocycles. The van der Waals surface area contributed by atoms with Crippen molar-refractivity contribution in [3.8, 4) is 0 Å². The average molecular weight is 284 g/mol. The van der Waals surface area contributed by atoms with Crippen LogP contribution in [-0.4, -0.2) is 11.1 Å². The third-order valence-corrected chi connectivity index (χ3v) is 5.52. The predicted molar refractivity (Wildman–Crippen MR) is 86.9 cm³/mol. The number of unbranched alkanes of at least 4 members (excludes halogenated alkanes) is 1. The summed E-state index contributed by atoms with van der Waals surface area (Å²) < 4.78 is 0. The Balaban J connectivity index is 4.95. The van der Waals surface area contributed by atoms with Crippen LogP contribution in [0.15, 0.2) is 0 Å². The highest BCUT2D eigenvalue weighted by molar-refractivity contribution is 5.67. The minimum atomic E-state index is -0.692. The SMILES string of the molecule is CCCCC(C)C(C)(C)C(C)(C)CC(C)(C)CC(=O)O. The van der Waals surface area contributed by atoms with Gasteiger partial charge in [0.05, 0.1) is 6.42 Å². The van der Waals surface area contributed by atoms with Crippen molar-refractivity contribution >= 4 is 5.97 Å². The summed E-state index contributed by atoms with van der Waals surface area (Å²) in [4.78, 5) is 11.0. The lowest BCUT2D eigenvalue weighted by atomic mass is 9.56. The molecule has 0 aromatic rings. The summed E-state index contributed by atoms with van der Waals surface area (Å²) in [5, 5.41) is 9.07. The van der Waals surface area contributed by atoms with Crippen molar-refractivity contribution < 1.29 is 9.90 Å². The highest BCUT2D eigenvalue weighted by Gasteiger charge is 2.43.